The Morgan fingerprint density at radius 1 is 1.23 bits per heavy atom. The molecule has 8 nitrogen and oxygen atoms in total. The van der Waals surface area contributed by atoms with Crippen LogP contribution in [0.25, 0.3) is 0 Å². The average Bonchev–Trinajstić information content (AvgIpc) is 2.90. The summed E-state index contributed by atoms with van der Waals surface area (Å²) >= 11 is 0. The van der Waals surface area contributed by atoms with Crippen LogP contribution in [-0.4, -0.2) is 58.8 Å². The quantitative estimate of drug-likeness (QED) is 0.747. The summed E-state index contributed by atoms with van der Waals surface area (Å²) in [6.45, 7) is 2.86. The number of carbonyl (C=O) groups excluding carboxylic acids is 3. The second-order valence-electron chi connectivity index (χ2n) is 7.89. The predicted octanol–water partition coefficient (Wildman–Crippen LogP) is 2.55. The molecule has 1 aliphatic heterocycles. The van der Waals surface area contributed by atoms with Gasteiger partial charge in [0, 0.05) is 38.2 Å². The van der Waals surface area contributed by atoms with Gasteiger partial charge in [0.15, 0.2) is 0 Å². The summed E-state index contributed by atoms with van der Waals surface area (Å²) in [5.41, 5.74) is 2.62. The summed E-state index contributed by atoms with van der Waals surface area (Å²) < 4.78 is 0. The van der Waals surface area contributed by atoms with Gasteiger partial charge in [-0.1, -0.05) is 18.2 Å². The van der Waals surface area contributed by atoms with Gasteiger partial charge >= 0.3 is 6.03 Å². The van der Waals surface area contributed by atoms with Crippen molar-refractivity contribution in [2.45, 2.75) is 38.8 Å². The third kappa shape index (κ3) is 6.53. The molecule has 0 aliphatic carbocycles. The summed E-state index contributed by atoms with van der Waals surface area (Å²) in [6.07, 6.45) is 5.55. The van der Waals surface area contributed by atoms with Crippen molar-refractivity contribution in [3.63, 3.8) is 0 Å². The third-order valence-electron chi connectivity index (χ3n) is 5.26. The van der Waals surface area contributed by atoms with Crippen LogP contribution in [0.3, 0.4) is 0 Å². The van der Waals surface area contributed by atoms with Crippen molar-refractivity contribution in [2.75, 3.05) is 25.5 Å². The topological polar surface area (TPSA) is 94.6 Å². The molecule has 0 spiro atoms. The monoisotopic (exact) mass is 423 g/mol. The van der Waals surface area contributed by atoms with Crippen LogP contribution in [0.5, 0.6) is 0 Å². The average molecular weight is 424 g/mol. The van der Waals surface area contributed by atoms with E-state index in [2.05, 4.69) is 15.6 Å². The molecule has 4 amide bonds. The number of likely N-dealkylation sites (N-methyl/N-ethyl adjacent to an activating group) is 1. The number of hydrogen-bond donors (Lipinski definition) is 2. The molecule has 1 aromatic heterocycles. The van der Waals surface area contributed by atoms with Crippen molar-refractivity contribution in [1.29, 1.82) is 0 Å². The summed E-state index contributed by atoms with van der Waals surface area (Å²) in [4.78, 5) is 45.3. The van der Waals surface area contributed by atoms with Crippen LogP contribution >= 0.6 is 0 Å². The molecule has 2 aromatic rings. The highest BCUT2D eigenvalue weighted by Gasteiger charge is 2.30. The number of aryl methyl sites for hydroxylation is 1. The minimum absolute atomic E-state index is 0.00667. The molecule has 1 atom stereocenters. The van der Waals surface area contributed by atoms with E-state index < -0.39 is 12.1 Å². The van der Waals surface area contributed by atoms with Gasteiger partial charge in [-0.2, -0.15) is 0 Å². The highest BCUT2D eigenvalue weighted by atomic mass is 16.2. The van der Waals surface area contributed by atoms with E-state index in [1.807, 2.05) is 37.3 Å². The van der Waals surface area contributed by atoms with Gasteiger partial charge in [0.25, 0.3) is 0 Å². The first kappa shape index (κ1) is 22.3. The molecular formula is C23H29N5O3. The van der Waals surface area contributed by atoms with E-state index >= 15 is 0 Å². The second-order valence-corrected chi connectivity index (χ2v) is 7.89. The maximum atomic E-state index is 13.0. The van der Waals surface area contributed by atoms with E-state index in [9.17, 15) is 14.4 Å². The van der Waals surface area contributed by atoms with E-state index in [0.29, 0.717) is 25.2 Å². The molecule has 1 aromatic carbocycles. The van der Waals surface area contributed by atoms with Gasteiger partial charge in [-0.15, -0.1) is 0 Å². The molecule has 0 radical (unpaired) electrons. The van der Waals surface area contributed by atoms with Crippen LogP contribution < -0.4 is 10.6 Å². The fraction of sp³-hybridized carbons (Fsp3) is 0.391. The van der Waals surface area contributed by atoms with Gasteiger partial charge in [0.05, 0.1) is 6.54 Å². The normalized spacial score (nSPS) is 16.4. The first-order valence-corrected chi connectivity index (χ1v) is 10.5. The predicted molar refractivity (Wildman–Crippen MR) is 118 cm³/mol. The molecule has 1 unspecified atom stereocenters. The van der Waals surface area contributed by atoms with E-state index in [1.165, 1.54) is 0 Å². The van der Waals surface area contributed by atoms with E-state index in [0.717, 1.165) is 24.0 Å². The number of anilines is 1. The van der Waals surface area contributed by atoms with Crippen LogP contribution in [0.1, 0.15) is 30.4 Å². The standard InChI is InChI=1S/C23H29N5O3/c1-17-7-5-9-19(13-17)25-23(31)26-20-10-3-4-12-28(22(20)30)16-21(29)27(2)15-18-8-6-11-24-14-18/h5-9,11,13-14,20H,3-4,10,12,15-16H2,1-2H3,(H2,25,26,31). The Kier molecular flexibility index (Phi) is 7.59. The van der Waals surface area contributed by atoms with E-state index in [4.69, 9.17) is 0 Å². The molecule has 2 heterocycles. The third-order valence-corrected chi connectivity index (χ3v) is 5.26. The van der Waals surface area contributed by atoms with Gasteiger partial charge in [0.2, 0.25) is 11.8 Å². The van der Waals surface area contributed by atoms with Crippen molar-refractivity contribution in [2.24, 2.45) is 0 Å². The molecule has 3 rings (SSSR count). The van der Waals surface area contributed by atoms with Crippen molar-refractivity contribution >= 4 is 23.5 Å². The number of nitrogens with zero attached hydrogens (tertiary/aromatic N) is 3. The first-order valence-electron chi connectivity index (χ1n) is 10.5. The molecule has 1 aliphatic rings. The lowest BCUT2D eigenvalue weighted by molar-refractivity contribution is -0.140. The van der Waals surface area contributed by atoms with Crippen LogP contribution in [0.15, 0.2) is 48.8 Å². The van der Waals surface area contributed by atoms with Gasteiger partial charge < -0.3 is 20.4 Å². The fourth-order valence-electron chi connectivity index (χ4n) is 3.58. The molecule has 2 N–H and O–H groups in total. The van der Waals surface area contributed by atoms with E-state index in [-0.39, 0.29) is 18.4 Å². The molecule has 0 saturated carbocycles. The molecule has 164 valence electrons. The Morgan fingerprint density at radius 2 is 2.06 bits per heavy atom. The lowest BCUT2D eigenvalue weighted by Gasteiger charge is -2.27. The maximum absolute atomic E-state index is 13.0. The molecule has 8 heteroatoms. The zero-order valence-electron chi connectivity index (χ0n) is 18.0. The SMILES string of the molecule is Cc1cccc(NC(=O)NC2CCCCN(CC(=O)N(C)Cc3cccnc3)C2=O)c1. The van der Waals surface area contributed by atoms with Crippen LogP contribution in [0.2, 0.25) is 0 Å². The smallest absolute Gasteiger partial charge is 0.319 e. The Morgan fingerprint density at radius 3 is 2.81 bits per heavy atom. The molecular weight excluding hydrogens is 394 g/mol. The Bertz CT molecular complexity index is 918. The Balaban J connectivity index is 1.57. The summed E-state index contributed by atoms with van der Waals surface area (Å²) in [6, 6.07) is 10.1. The summed E-state index contributed by atoms with van der Waals surface area (Å²) in [5, 5.41) is 5.54. The Hall–Kier alpha value is -3.42. The molecule has 0 bridgehead atoms. The lowest BCUT2D eigenvalue weighted by atomic mass is 10.1. The van der Waals surface area contributed by atoms with Crippen LogP contribution in [-0.2, 0) is 16.1 Å². The molecule has 1 fully saturated rings. The number of aromatic nitrogens is 1. The van der Waals surface area contributed by atoms with Crippen molar-refractivity contribution in [1.82, 2.24) is 20.1 Å². The first-order chi connectivity index (χ1) is 14.9. The zero-order chi connectivity index (χ0) is 22.2. The number of carbonyl (C=O) groups is 3. The van der Waals surface area contributed by atoms with Crippen LogP contribution in [0.4, 0.5) is 10.5 Å². The molecule has 1 saturated heterocycles. The second kappa shape index (κ2) is 10.6. The van der Waals surface area contributed by atoms with Gasteiger partial charge in [-0.25, -0.2) is 4.79 Å². The summed E-state index contributed by atoms with van der Waals surface area (Å²) in [5.74, 6) is -0.373. The largest absolute Gasteiger partial charge is 0.340 e. The van der Waals surface area contributed by atoms with Gasteiger partial charge in [0.1, 0.15) is 6.04 Å². The maximum Gasteiger partial charge on any atom is 0.319 e. The lowest BCUT2D eigenvalue weighted by Crippen LogP contribution is -2.51. The highest BCUT2D eigenvalue weighted by molar-refractivity contribution is 5.94. The van der Waals surface area contributed by atoms with Crippen molar-refractivity contribution < 1.29 is 14.4 Å². The fourth-order valence-corrected chi connectivity index (χ4v) is 3.58. The number of nitrogens with one attached hydrogen (secondary N) is 2. The van der Waals surface area contributed by atoms with Gasteiger partial charge in [-0.3, -0.25) is 14.6 Å². The number of benzene rings is 1. The number of amides is 4. The van der Waals surface area contributed by atoms with Crippen LogP contribution in [0, 0.1) is 6.92 Å². The van der Waals surface area contributed by atoms with E-state index in [1.54, 1.807) is 35.3 Å². The number of rotatable bonds is 6. The van der Waals surface area contributed by atoms with Crippen molar-refractivity contribution in [3.8, 4) is 0 Å². The number of pyridine rings is 1. The van der Waals surface area contributed by atoms with Gasteiger partial charge in [-0.05, 0) is 55.5 Å². The van der Waals surface area contributed by atoms with Crippen molar-refractivity contribution in [3.05, 3.63) is 59.9 Å². The number of urea groups is 1. The number of likely N-dealkylation sites (tertiary alicyclic amines) is 1. The molecule has 31 heavy (non-hydrogen) atoms. The minimum atomic E-state index is -0.649. The summed E-state index contributed by atoms with van der Waals surface area (Å²) in [7, 11) is 1.71. The zero-order valence-corrected chi connectivity index (χ0v) is 18.0. The number of hydrogen-bond acceptors (Lipinski definition) is 4. The Labute approximate surface area is 182 Å². The highest BCUT2D eigenvalue weighted by Crippen LogP contribution is 2.14. The minimum Gasteiger partial charge on any atom is -0.340 e.